The van der Waals surface area contributed by atoms with Crippen molar-refractivity contribution < 1.29 is 9.53 Å². The predicted molar refractivity (Wildman–Crippen MR) is 68.7 cm³/mol. The molecular weight excluding hydrogens is 284 g/mol. The van der Waals surface area contributed by atoms with Crippen LogP contribution in [-0.2, 0) is 4.74 Å². The van der Waals surface area contributed by atoms with Gasteiger partial charge in [0.25, 0.3) is 0 Å². The molecule has 0 unspecified atom stereocenters. The van der Waals surface area contributed by atoms with Gasteiger partial charge in [-0.1, -0.05) is 13.8 Å². The smallest absolute Gasteiger partial charge is 0.411 e. The molecule has 0 spiro atoms. The standard InChI is InChI=1S/C12H13BrN2O2/c1-8(2)7-17-12(16)15-11-4-3-9(6-14)5-10(11)13/h3-5,8H,7H2,1-2H3,(H,15,16). The number of rotatable bonds is 3. The molecule has 0 aromatic heterocycles. The fourth-order valence-electron chi connectivity index (χ4n) is 1.07. The quantitative estimate of drug-likeness (QED) is 0.928. The SMILES string of the molecule is CC(C)COC(=O)Nc1ccc(C#N)cc1Br. The van der Waals surface area contributed by atoms with Gasteiger partial charge in [-0.25, -0.2) is 4.79 Å². The van der Waals surface area contributed by atoms with Crippen LogP contribution in [0.25, 0.3) is 0 Å². The van der Waals surface area contributed by atoms with Crippen LogP contribution in [-0.4, -0.2) is 12.7 Å². The number of amides is 1. The van der Waals surface area contributed by atoms with Gasteiger partial charge >= 0.3 is 6.09 Å². The minimum Gasteiger partial charge on any atom is -0.449 e. The molecule has 1 aromatic rings. The van der Waals surface area contributed by atoms with Gasteiger partial charge in [0.1, 0.15) is 0 Å². The molecule has 0 saturated carbocycles. The number of hydrogen-bond acceptors (Lipinski definition) is 3. The molecule has 0 aliphatic rings. The summed E-state index contributed by atoms with van der Waals surface area (Å²) in [7, 11) is 0. The van der Waals surface area contributed by atoms with Crippen LogP contribution in [0.3, 0.4) is 0 Å². The normalized spacial score (nSPS) is 9.82. The first-order chi connectivity index (χ1) is 8.02. The maximum Gasteiger partial charge on any atom is 0.411 e. The van der Waals surface area contributed by atoms with Crippen LogP contribution in [0.5, 0.6) is 0 Å². The lowest BCUT2D eigenvalue weighted by molar-refractivity contribution is 0.147. The van der Waals surface area contributed by atoms with Gasteiger partial charge in [-0.15, -0.1) is 0 Å². The summed E-state index contributed by atoms with van der Waals surface area (Å²) in [6.07, 6.45) is -0.496. The molecule has 1 amide bonds. The lowest BCUT2D eigenvalue weighted by Crippen LogP contribution is -2.16. The van der Waals surface area contributed by atoms with Gasteiger partial charge in [0.2, 0.25) is 0 Å². The third-order valence-corrected chi connectivity index (χ3v) is 2.54. The van der Waals surface area contributed by atoms with Crippen molar-refractivity contribution in [2.24, 2.45) is 5.92 Å². The summed E-state index contributed by atoms with van der Waals surface area (Å²) in [5.74, 6) is 0.296. The van der Waals surface area contributed by atoms with E-state index in [1.54, 1.807) is 18.2 Å². The number of nitrogens with one attached hydrogen (secondary N) is 1. The zero-order valence-electron chi connectivity index (χ0n) is 9.66. The number of nitriles is 1. The number of nitrogens with zero attached hydrogens (tertiary/aromatic N) is 1. The van der Waals surface area contributed by atoms with Gasteiger partial charge in [-0.3, -0.25) is 5.32 Å². The molecule has 0 bridgehead atoms. The van der Waals surface area contributed by atoms with Gasteiger partial charge < -0.3 is 4.74 Å². The molecule has 17 heavy (non-hydrogen) atoms. The van der Waals surface area contributed by atoms with E-state index in [1.165, 1.54) is 0 Å². The lowest BCUT2D eigenvalue weighted by Gasteiger charge is -2.10. The molecule has 0 atom stereocenters. The first-order valence-electron chi connectivity index (χ1n) is 5.16. The van der Waals surface area contributed by atoms with E-state index in [1.807, 2.05) is 19.9 Å². The minimum absolute atomic E-state index is 0.296. The molecule has 1 N–H and O–H groups in total. The van der Waals surface area contributed by atoms with Crippen molar-refractivity contribution in [1.29, 1.82) is 5.26 Å². The number of carbonyl (C=O) groups is 1. The second-order valence-electron chi connectivity index (χ2n) is 3.92. The molecule has 1 aromatic carbocycles. The molecule has 90 valence electrons. The Balaban J connectivity index is 2.63. The number of carbonyl (C=O) groups excluding carboxylic acids is 1. The molecule has 1 rings (SSSR count). The average Bonchev–Trinajstić information content (AvgIpc) is 2.29. The molecule has 4 nitrogen and oxygen atoms in total. The minimum atomic E-state index is -0.496. The topological polar surface area (TPSA) is 62.1 Å². The molecule has 0 saturated heterocycles. The number of benzene rings is 1. The van der Waals surface area contributed by atoms with E-state index in [0.717, 1.165) is 0 Å². The van der Waals surface area contributed by atoms with Crippen LogP contribution in [0.15, 0.2) is 22.7 Å². The third kappa shape index (κ3) is 4.45. The van der Waals surface area contributed by atoms with Crippen LogP contribution >= 0.6 is 15.9 Å². The van der Waals surface area contributed by atoms with Crippen LogP contribution in [0.4, 0.5) is 10.5 Å². The monoisotopic (exact) mass is 296 g/mol. The van der Waals surface area contributed by atoms with Gasteiger partial charge in [0, 0.05) is 4.47 Å². The lowest BCUT2D eigenvalue weighted by atomic mass is 10.2. The fraction of sp³-hybridized carbons (Fsp3) is 0.333. The van der Waals surface area contributed by atoms with E-state index in [4.69, 9.17) is 10.00 Å². The molecule has 0 radical (unpaired) electrons. The summed E-state index contributed by atoms with van der Waals surface area (Å²) in [5.41, 5.74) is 1.11. The van der Waals surface area contributed by atoms with Crippen molar-refractivity contribution in [2.45, 2.75) is 13.8 Å². The zero-order chi connectivity index (χ0) is 12.8. The van der Waals surface area contributed by atoms with Crippen LogP contribution in [0.1, 0.15) is 19.4 Å². The largest absolute Gasteiger partial charge is 0.449 e. The first kappa shape index (κ1) is 13.5. The second kappa shape index (κ2) is 6.26. The van der Waals surface area contributed by atoms with Crippen LogP contribution in [0.2, 0.25) is 0 Å². The van der Waals surface area contributed by atoms with E-state index < -0.39 is 6.09 Å². The van der Waals surface area contributed by atoms with Gasteiger partial charge in [0.15, 0.2) is 0 Å². The van der Waals surface area contributed by atoms with Crippen molar-refractivity contribution in [3.63, 3.8) is 0 Å². The molecule has 0 heterocycles. The van der Waals surface area contributed by atoms with Crippen molar-refractivity contribution in [2.75, 3.05) is 11.9 Å². The molecular formula is C12H13BrN2O2. The second-order valence-corrected chi connectivity index (χ2v) is 4.78. The Morgan fingerprint density at radius 3 is 2.82 bits per heavy atom. The number of hydrogen-bond donors (Lipinski definition) is 1. The molecule has 5 heteroatoms. The summed E-state index contributed by atoms with van der Waals surface area (Å²) in [4.78, 5) is 11.4. The highest BCUT2D eigenvalue weighted by molar-refractivity contribution is 9.10. The average molecular weight is 297 g/mol. The zero-order valence-corrected chi connectivity index (χ0v) is 11.2. The number of ether oxygens (including phenoxy) is 1. The summed E-state index contributed by atoms with van der Waals surface area (Å²) < 4.78 is 5.63. The van der Waals surface area contributed by atoms with Crippen molar-refractivity contribution in [3.8, 4) is 6.07 Å². The van der Waals surface area contributed by atoms with E-state index in [9.17, 15) is 4.79 Å². The third-order valence-electron chi connectivity index (χ3n) is 1.88. The molecule has 0 aliphatic heterocycles. The Hall–Kier alpha value is -1.54. The summed E-state index contributed by atoms with van der Waals surface area (Å²) in [6, 6.07) is 6.93. The molecule has 0 aliphatic carbocycles. The predicted octanol–water partition coefficient (Wildman–Crippen LogP) is 3.53. The van der Waals surface area contributed by atoms with Gasteiger partial charge in [-0.2, -0.15) is 5.26 Å². The Labute approximate surface area is 109 Å². The fourth-order valence-corrected chi connectivity index (χ4v) is 1.55. The van der Waals surface area contributed by atoms with E-state index >= 15 is 0 Å². The Kier molecular flexibility index (Phi) is 4.98. The van der Waals surface area contributed by atoms with Crippen LogP contribution < -0.4 is 5.32 Å². The van der Waals surface area contributed by atoms with E-state index in [-0.39, 0.29) is 0 Å². The summed E-state index contributed by atoms with van der Waals surface area (Å²) in [6.45, 7) is 4.30. The van der Waals surface area contributed by atoms with Crippen molar-refractivity contribution >= 4 is 27.7 Å². The summed E-state index contributed by atoms with van der Waals surface area (Å²) >= 11 is 3.28. The highest BCUT2D eigenvalue weighted by atomic mass is 79.9. The number of anilines is 1. The van der Waals surface area contributed by atoms with Crippen LogP contribution in [0, 0.1) is 17.2 Å². The van der Waals surface area contributed by atoms with Gasteiger partial charge in [0.05, 0.1) is 23.9 Å². The van der Waals surface area contributed by atoms with E-state index in [2.05, 4.69) is 21.2 Å². The maximum absolute atomic E-state index is 11.4. The number of halogens is 1. The summed E-state index contributed by atoms with van der Waals surface area (Å²) in [5, 5.41) is 11.3. The van der Waals surface area contributed by atoms with Gasteiger partial charge in [-0.05, 0) is 40.0 Å². The maximum atomic E-state index is 11.4. The van der Waals surface area contributed by atoms with E-state index in [0.29, 0.717) is 28.2 Å². The Bertz CT molecular complexity index is 452. The Morgan fingerprint density at radius 2 is 2.29 bits per heavy atom. The highest BCUT2D eigenvalue weighted by Crippen LogP contribution is 2.23. The van der Waals surface area contributed by atoms with Crippen molar-refractivity contribution in [1.82, 2.24) is 0 Å². The Morgan fingerprint density at radius 1 is 1.59 bits per heavy atom. The first-order valence-corrected chi connectivity index (χ1v) is 5.95. The van der Waals surface area contributed by atoms with Crippen molar-refractivity contribution in [3.05, 3.63) is 28.2 Å². The highest BCUT2D eigenvalue weighted by Gasteiger charge is 2.07. The molecule has 0 fully saturated rings.